The SMILES string of the molecule is CN=C(NCc1ccccc1CS(=O)(=O)NC(C)C)N(C)CC1CCOC1.I. The highest BCUT2D eigenvalue weighted by atomic mass is 127. The van der Waals surface area contributed by atoms with Crippen LogP contribution in [0.25, 0.3) is 0 Å². The number of halogens is 1. The van der Waals surface area contributed by atoms with Gasteiger partial charge in [-0.15, -0.1) is 24.0 Å². The summed E-state index contributed by atoms with van der Waals surface area (Å²) < 4.78 is 32.6. The van der Waals surface area contributed by atoms with Crippen LogP contribution in [-0.2, 0) is 27.1 Å². The highest BCUT2D eigenvalue weighted by Crippen LogP contribution is 2.14. The Kier molecular flexibility index (Phi) is 10.7. The molecule has 0 aliphatic carbocycles. The van der Waals surface area contributed by atoms with E-state index in [0.717, 1.165) is 43.3 Å². The van der Waals surface area contributed by atoms with Gasteiger partial charge in [-0.05, 0) is 31.4 Å². The number of ether oxygens (including phenoxy) is 1. The molecule has 2 N–H and O–H groups in total. The molecule has 0 amide bonds. The van der Waals surface area contributed by atoms with Gasteiger partial charge in [0.05, 0.1) is 12.4 Å². The number of rotatable bonds is 8. The van der Waals surface area contributed by atoms with Gasteiger partial charge in [0, 0.05) is 45.8 Å². The molecule has 0 radical (unpaired) electrons. The minimum absolute atomic E-state index is 0. The zero-order chi connectivity index (χ0) is 19.9. The van der Waals surface area contributed by atoms with Crippen molar-refractivity contribution in [2.24, 2.45) is 10.9 Å². The lowest BCUT2D eigenvalue weighted by Crippen LogP contribution is -2.41. The second-order valence-electron chi connectivity index (χ2n) is 7.31. The summed E-state index contributed by atoms with van der Waals surface area (Å²) in [5.74, 6) is 1.28. The first-order valence-electron chi connectivity index (χ1n) is 9.37. The molecule has 9 heteroatoms. The van der Waals surface area contributed by atoms with E-state index in [9.17, 15) is 8.42 Å². The molecular weight excluding hydrogens is 491 g/mol. The van der Waals surface area contributed by atoms with Crippen LogP contribution in [0.5, 0.6) is 0 Å². The Morgan fingerprint density at radius 1 is 1.32 bits per heavy atom. The van der Waals surface area contributed by atoms with Crippen LogP contribution in [-0.4, -0.2) is 59.2 Å². The molecule has 1 atom stereocenters. The van der Waals surface area contributed by atoms with Crippen molar-refractivity contribution in [1.29, 1.82) is 0 Å². The molecule has 1 aliphatic rings. The van der Waals surface area contributed by atoms with Gasteiger partial charge in [-0.1, -0.05) is 24.3 Å². The van der Waals surface area contributed by atoms with Crippen LogP contribution >= 0.6 is 24.0 Å². The van der Waals surface area contributed by atoms with Crippen molar-refractivity contribution in [3.8, 4) is 0 Å². The van der Waals surface area contributed by atoms with Gasteiger partial charge in [-0.2, -0.15) is 0 Å². The number of nitrogens with one attached hydrogen (secondary N) is 2. The second-order valence-corrected chi connectivity index (χ2v) is 9.07. The lowest BCUT2D eigenvalue weighted by molar-refractivity contribution is 0.181. The molecule has 160 valence electrons. The molecule has 1 saturated heterocycles. The van der Waals surface area contributed by atoms with E-state index in [1.54, 1.807) is 7.05 Å². The van der Waals surface area contributed by atoms with E-state index in [-0.39, 0.29) is 35.8 Å². The van der Waals surface area contributed by atoms with Crippen LogP contribution in [0.3, 0.4) is 0 Å². The van der Waals surface area contributed by atoms with Gasteiger partial charge in [0.25, 0.3) is 0 Å². The molecule has 0 bridgehead atoms. The Hall–Kier alpha value is -0.910. The summed E-state index contributed by atoms with van der Waals surface area (Å²) >= 11 is 0. The van der Waals surface area contributed by atoms with Crippen molar-refractivity contribution in [2.75, 3.05) is 33.9 Å². The molecule has 0 aromatic heterocycles. The number of guanidine groups is 1. The number of hydrogen-bond acceptors (Lipinski definition) is 4. The van der Waals surface area contributed by atoms with Gasteiger partial charge in [0.1, 0.15) is 0 Å². The van der Waals surface area contributed by atoms with E-state index in [1.807, 2.05) is 45.2 Å². The van der Waals surface area contributed by atoms with Gasteiger partial charge < -0.3 is 15.0 Å². The molecule has 0 saturated carbocycles. The molecule has 0 spiro atoms. The first kappa shape index (κ1) is 25.1. The Morgan fingerprint density at radius 2 is 2.00 bits per heavy atom. The molecule has 1 heterocycles. The van der Waals surface area contributed by atoms with Gasteiger partial charge >= 0.3 is 0 Å². The Labute approximate surface area is 186 Å². The van der Waals surface area contributed by atoms with Gasteiger partial charge in [-0.25, -0.2) is 13.1 Å². The summed E-state index contributed by atoms with van der Waals surface area (Å²) in [5, 5.41) is 3.35. The lowest BCUT2D eigenvalue weighted by Gasteiger charge is -2.25. The fourth-order valence-electron chi connectivity index (χ4n) is 3.24. The predicted octanol–water partition coefficient (Wildman–Crippen LogP) is 2.18. The van der Waals surface area contributed by atoms with E-state index >= 15 is 0 Å². The molecule has 28 heavy (non-hydrogen) atoms. The van der Waals surface area contributed by atoms with Gasteiger partial charge in [0.2, 0.25) is 10.0 Å². The average Bonchev–Trinajstić information content (AvgIpc) is 3.08. The molecule has 1 unspecified atom stereocenters. The number of hydrogen-bond donors (Lipinski definition) is 2. The maximum absolute atomic E-state index is 12.3. The van der Waals surface area contributed by atoms with Crippen molar-refractivity contribution in [3.05, 3.63) is 35.4 Å². The monoisotopic (exact) mass is 524 g/mol. The van der Waals surface area contributed by atoms with Gasteiger partial charge in [-0.3, -0.25) is 4.99 Å². The second kappa shape index (κ2) is 11.9. The number of sulfonamides is 1. The van der Waals surface area contributed by atoms with E-state index in [1.165, 1.54) is 0 Å². The van der Waals surface area contributed by atoms with Crippen molar-refractivity contribution in [1.82, 2.24) is 14.9 Å². The minimum Gasteiger partial charge on any atom is -0.381 e. The van der Waals surface area contributed by atoms with Crippen LogP contribution in [0, 0.1) is 5.92 Å². The van der Waals surface area contributed by atoms with Crippen molar-refractivity contribution in [3.63, 3.8) is 0 Å². The summed E-state index contributed by atoms with van der Waals surface area (Å²) in [6.45, 7) is 6.67. The van der Waals surface area contributed by atoms with Crippen LogP contribution in [0.1, 0.15) is 31.4 Å². The minimum atomic E-state index is -3.36. The summed E-state index contributed by atoms with van der Waals surface area (Å²) in [7, 11) is 0.402. The van der Waals surface area contributed by atoms with Crippen molar-refractivity contribution in [2.45, 2.75) is 38.6 Å². The molecule has 1 aromatic rings. The van der Waals surface area contributed by atoms with Crippen LogP contribution in [0.15, 0.2) is 29.3 Å². The molecule has 1 aromatic carbocycles. The van der Waals surface area contributed by atoms with Crippen LogP contribution in [0.2, 0.25) is 0 Å². The standard InChI is InChI=1S/C19H32N4O3S.HI/c1-15(2)22-27(24,25)14-18-8-6-5-7-17(18)11-21-19(20-3)23(4)12-16-9-10-26-13-16;/h5-8,15-16,22H,9-14H2,1-4H3,(H,20,21);1H. The van der Waals surface area contributed by atoms with Crippen molar-refractivity contribution >= 4 is 40.0 Å². The fraction of sp³-hybridized carbons (Fsp3) is 0.632. The third-order valence-electron chi connectivity index (χ3n) is 4.45. The maximum Gasteiger partial charge on any atom is 0.216 e. The molecule has 1 aliphatic heterocycles. The maximum atomic E-state index is 12.3. The largest absolute Gasteiger partial charge is 0.381 e. The number of nitrogens with zero attached hydrogens (tertiary/aromatic N) is 2. The van der Waals surface area contributed by atoms with Gasteiger partial charge in [0.15, 0.2) is 5.96 Å². The normalized spacial score (nSPS) is 17.5. The van der Waals surface area contributed by atoms with E-state index in [2.05, 4.69) is 19.9 Å². The quantitative estimate of drug-likeness (QED) is 0.310. The predicted molar refractivity (Wildman–Crippen MR) is 125 cm³/mol. The summed E-state index contributed by atoms with van der Waals surface area (Å²) in [4.78, 5) is 6.45. The molecule has 7 nitrogen and oxygen atoms in total. The molecule has 1 fully saturated rings. The smallest absolute Gasteiger partial charge is 0.216 e. The fourth-order valence-corrected chi connectivity index (χ4v) is 4.73. The average molecular weight is 524 g/mol. The number of aliphatic imine (C=N–C) groups is 1. The highest BCUT2D eigenvalue weighted by Gasteiger charge is 2.19. The highest BCUT2D eigenvalue weighted by molar-refractivity contribution is 14.0. The van der Waals surface area contributed by atoms with E-state index in [4.69, 9.17) is 4.74 Å². The van der Waals surface area contributed by atoms with Crippen LogP contribution in [0.4, 0.5) is 0 Å². The van der Waals surface area contributed by atoms with E-state index in [0.29, 0.717) is 12.5 Å². The first-order valence-corrected chi connectivity index (χ1v) is 11.0. The lowest BCUT2D eigenvalue weighted by atomic mass is 10.1. The third kappa shape index (κ3) is 8.22. The Balaban J connectivity index is 0.00000392. The molecular formula is C19H33IN4O3S. The number of benzene rings is 1. The third-order valence-corrected chi connectivity index (χ3v) is 5.97. The summed E-state index contributed by atoms with van der Waals surface area (Å²) in [6.07, 6.45) is 1.07. The summed E-state index contributed by atoms with van der Waals surface area (Å²) in [5.41, 5.74) is 1.74. The zero-order valence-electron chi connectivity index (χ0n) is 17.1. The Bertz CT molecular complexity index is 734. The zero-order valence-corrected chi connectivity index (χ0v) is 20.3. The van der Waals surface area contributed by atoms with E-state index < -0.39 is 10.0 Å². The molecule has 2 rings (SSSR count). The van der Waals surface area contributed by atoms with Crippen LogP contribution < -0.4 is 10.0 Å². The Morgan fingerprint density at radius 3 is 2.57 bits per heavy atom. The van der Waals surface area contributed by atoms with Crippen molar-refractivity contribution < 1.29 is 13.2 Å². The first-order chi connectivity index (χ1) is 12.8. The topological polar surface area (TPSA) is 83.0 Å². The summed E-state index contributed by atoms with van der Waals surface area (Å²) in [6, 6.07) is 7.48.